The SMILES string of the molecule is CN(C)CCCOc1ccc(-c2cnc(N)c(-c3nnc(-c4ccccc4)o3)n2)cn1.[HH].[HH]. The number of benzene rings is 1. The molecule has 3 heterocycles. The zero-order chi connectivity index (χ0) is 21.6. The number of anilines is 1. The maximum atomic E-state index is 6.02. The molecule has 1 aromatic carbocycles. The first-order valence-electron chi connectivity index (χ1n) is 9.86. The first-order valence-corrected chi connectivity index (χ1v) is 9.86. The van der Waals surface area contributed by atoms with E-state index in [-0.39, 0.29) is 14.6 Å². The maximum absolute atomic E-state index is 6.02. The number of rotatable bonds is 8. The topological polar surface area (TPSA) is 116 Å². The summed E-state index contributed by atoms with van der Waals surface area (Å²) in [6.07, 6.45) is 4.20. The van der Waals surface area contributed by atoms with Crippen molar-refractivity contribution in [2.24, 2.45) is 0 Å². The molecular formula is C22H27N7O2. The molecule has 0 saturated heterocycles. The molecule has 0 unspecified atom stereocenters. The lowest BCUT2D eigenvalue weighted by atomic mass is 10.2. The van der Waals surface area contributed by atoms with Crippen LogP contribution in [0.25, 0.3) is 34.3 Å². The summed E-state index contributed by atoms with van der Waals surface area (Å²) in [4.78, 5) is 15.3. The van der Waals surface area contributed by atoms with E-state index >= 15 is 0 Å². The van der Waals surface area contributed by atoms with Gasteiger partial charge in [-0.3, -0.25) is 0 Å². The van der Waals surface area contributed by atoms with Gasteiger partial charge in [0.05, 0.1) is 18.5 Å². The highest BCUT2D eigenvalue weighted by Crippen LogP contribution is 2.27. The van der Waals surface area contributed by atoms with E-state index in [1.165, 1.54) is 0 Å². The molecule has 0 aliphatic rings. The molecule has 0 spiro atoms. The standard InChI is InChI=1S/C22H23N7O2.2H2/c1-29(2)11-6-12-30-18-10-9-16(13-24-18)17-14-25-20(23)19(26-17)22-28-27-21(31-22)15-7-4-3-5-8-15;;/h3-5,7-10,13-14H,6,11-12H2,1-2H3,(H2,23,25);2*1H. The van der Waals surface area contributed by atoms with E-state index in [2.05, 4.69) is 30.0 Å². The monoisotopic (exact) mass is 421 g/mol. The van der Waals surface area contributed by atoms with Crippen LogP contribution in [-0.4, -0.2) is 57.3 Å². The highest BCUT2D eigenvalue weighted by molar-refractivity contribution is 5.68. The molecule has 0 aliphatic carbocycles. The summed E-state index contributed by atoms with van der Waals surface area (Å²) in [5.74, 6) is 1.37. The van der Waals surface area contributed by atoms with Crippen molar-refractivity contribution in [3.05, 3.63) is 54.9 Å². The molecule has 0 atom stereocenters. The van der Waals surface area contributed by atoms with Crippen molar-refractivity contribution >= 4 is 5.82 Å². The van der Waals surface area contributed by atoms with Crippen molar-refractivity contribution in [1.82, 2.24) is 30.0 Å². The first-order chi connectivity index (χ1) is 15.1. The van der Waals surface area contributed by atoms with Crippen LogP contribution in [0, 0.1) is 0 Å². The van der Waals surface area contributed by atoms with Gasteiger partial charge in [-0.1, -0.05) is 18.2 Å². The quantitative estimate of drug-likeness (QED) is 0.425. The van der Waals surface area contributed by atoms with Crippen molar-refractivity contribution in [1.29, 1.82) is 0 Å². The van der Waals surface area contributed by atoms with E-state index < -0.39 is 0 Å². The van der Waals surface area contributed by atoms with E-state index in [4.69, 9.17) is 14.9 Å². The van der Waals surface area contributed by atoms with Gasteiger partial charge in [0.1, 0.15) is 0 Å². The van der Waals surface area contributed by atoms with Crippen LogP contribution in [0.1, 0.15) is 9.27 Å². The van der Waals surface area contributed by atoms with Gasteiger partial charge in [0.2, 0.25) is 11.8 Å². The molecule has 9 heteroatoms. The lowest BCUT2D eigenvalue weighted by molar-refractivity contribution is 0.273. The number of aromatic nitrogens is 5. The zero-order valence-electron chi connectivity index (χ0n) is 17.4. The smallest absolute Gasteiger partial charge is 0.270 e. The van der Waals surface area contributed by atoms with E-state index in [1.807, 2.05) is 56.6 Å². The van der Waals surface area contributed by atoms with Crippen molar-refractivity contribution in [3.8, 4) is 40.2 Å². The molecule has 0 bridgehead atoms. The molecule has 4 aromatic rings. The van der Waals surface area contributed by atoms with Crippen LogP contribution in [0.3, 0.4) is 0 Å². The van der Waals surface area contributed by atoms with Crippen LogP contribution in [0.5, 0.6) is 5.88 Å². The van der Waals surface area contributed by atoms with Gasteiger partial charge in [-0.15, -0.1) is 10.2 Å². The van der Waals surface area contributed by atoms with Gasteiger partial charge < -0.3 is 19.8 Å². The van der Waals surface area contributed by atoms with E-state index in [9.17, 15) is 0 Å². The van der Waals surface area contributed by atoms with Crippen LogP contribution in [0.15, 0.2) is 59.3 Å². The maximum Gasteiger partial charge on any atom is 0.270 e. The summed E-state index contributed by atoms with van der Waals surface area (Å²) in [5, 5.41) is 8.18. The highest BCUT2D eigenvalue weighted by atomic mass is 16.5. The fourth-order valence-electron chi connectivity index (χ4n) is 2.89. The van der Waals surface area contributed by atoms with Crippen LogP contribution in [0.2, 0.25) is 0 Å². The Hall–Kier alpha value is -3.85. The minimum absolute atomic E-state index is 0. The summed E-state index contributed by atoms with van der Waals surface area (Å²) < 4.78 is 11.5. The lowest BCUT2D eigenvalue weighted by Crippen LogP contribution is -2.15. The highest BCUT2D eigenvalue weighted by Gasteiger charge is 2.17. The molecule has 0 amide bonds. The van der Waals surface area contributed by atoms with Crippen molar-refractivity contribution in [2.75, 3.05) is 33.0 Å². The van der Waals surface area contributed by atoms with Crippen LogP contribution in [-0.2, 0) is 0 Å². The molecule has 0 aliphatic heterocycles. The van der Waals surface area contributed by atoms with E-state index in [1.54, 1.807) is 12.4 Å². The molecule has 4 rings (SSSR count). The zero-order valence-corrected chi connectivity index (χ0v) is 17.4. The van der Waals surface area contributed by atoms with Gasteiger partial charge in [-0.05, 0) is 38.7 Å². The minimum Gasteiger partial charge on any atom is -0.478 e. The average molecular weight is 422 g/mol. The van der Waals surface area contributed by atoms with Gasteiger partial charge in [0, 0.05) is 32.8 Å². The summed E-state index contributed by atoms with van der Waals surface area (Å²) in [6, 6.07) is 13.2. The summed E-state index contributed by atoms with van der Waals surface area (Å²) in [5.41, 5.74) is 8.53. The van der Waals surface area contributed by atoms with E-state index in [0.717, 1.165) is 24.1 Å². The fourth-order valence-corrected chi connectivity index (χ4v) is 2.89. The average Bonchev–Trinajstić information content (AvgIpc) is 3.28. The molecule has 0 radical (unpaired) electrons. The Balaban J connectivity index is 0.00000193. The molecule has 0 saturated carbocycles. The number of nitrogens with two attached hydrogens (primary N) is 1. The number of nitrogen functional groups attached to an aromatic ring is 1. The van der Waals surface area contributed by atoms with Gasteiger partial charge >= 0.3 is 0 Å². The van der Waals surface area contributed by atoms with Gasteiger partial charge in [0.25, 0.3) is 5.89 Å². The van der Waals surface area contributed by atoms with Crippen molar-refractivity contribution < 1.29 is 12.0 Å². The Bertz CT molecular complexity index is 1140. The molecule has 9 nitrogen and oxygen atoms in total. The number of nitrogens with zero attached hydrogens (tertiary/aromatic N) is 6. The number of hydrogen-bond donors (Lipinski definition) is 1. The third-order valence-corrected chi connectivity index (χ3v) is 4.48. The normalized spacial score (nSPS) is 11.1. The number of hydrogen-bond acceptors (Lipinski definition) is 9. The van der Waals surface area contributed by atoms with Crippen LogP contribution in [0.4, 0.5) is 5.82 Å². The summed E-state index contributed by atoms with van der Waals surface area (Å²) in [7, 11) is 4.07. The van der Waals surface area contributed by atoms with Crippen LogP contribution >= 0.6 is 0 Å². The second kappa shape index (κ2) is 9.31. The summed E-state index contributed by atoms with van der Waals surface area (Å²) in [6.45, 7) is 1.57. The number of ether oxygens (including phenoxy) is 1. The molecule has 2 N–H and O–H groups in total. The Morgan fingerprint density at radius 3 is 2.52 bits per heavy atom. The predicted molar refractivity (Wildman–Crippen MR) is 121 cm³/mol. The molecule has 162 valence electrons. The number of pyridine rings is 1. The Kier molecular flexibility index (Phi) is 6.13. The molecular weight excluding hydrogens is 394 g/mol. The second-order valence-corrected chi connectivity index (χ2v) is 7.16. The van der Waals surface area contributed by atoms with Gasteiger partial charge in [-0.2, -0.15) is 0 Å². The molecule has 3 aromatic heterocycles. The van der Waals surface area contributed by atoms with Crippen molar-refractivity contribution in [3.63, 3.8) is 0 Å². The summed E-state index contributed by atoms with van der Waals surface area (Å²) >= 11 is 0. The molecule has 31 heavy (non-hydrogen) atoms. The second-order valence-electron chi connectivity index (χ2n) is 7.16. The predicted octanol–water partition coefficient (Wildman–Crippen LogP) is 3.66. The third-order valence-electron chi connectivity index (χ3n) is 4.48. The lowest BCUT2D eigenvalue weighted by Gasteiger charge is -2.10. The third kappa shape index (κ3) is 5.01. The first kappa shape index (κ1) is 20.4. The molecule has 0 fully saturated rings. The Morgan fingerprint density at radius 1 is 0.968 bits per heavy atom. The minimum atomic E-state index is 0. The van der Waals surface area contributed by atoms with Gasteiger partial charge in [0.15, 0.2) is 11.5 Å². The van der Waals surface area contributed by atoms with Gasteiger partial charge in [-0.25, -0.2) is 15.0 Å². The fraction of sp³-hybridized carbons (Fsp3) is 0.227. The van der Waals surface area contributed by atoms with Crippen LogP contribution < -0.4 is 10.5 Å². The van der Waals surface area contributed by atoms with Crippen molar-refractivity contribution in [2.45, 2.75) is 6.42 Å². The van der Waals surface area contributed by atoms with E-state index in [0.29, 0.717) is 29.8 Å². The Labute approximate surface area is 182 Å². The largest absolute Gasteiger partial charge is 0.478 e. The Morgan fingerprint density at radius 2 is 1.77 bits per heavy atom.